The third-order valence-corrected chi connectivity index (χ3v) is 3.40. The van der Waals surface area contributed by atoms with Crippen molar-refractivity contribution in [1.29, 1.82) is 5.41 Å². The molecule has 7 heteroatoms. The summed E-state index contributed by atoms with van der Waals surface area (Å²) < 4.78 is 5.41. The van der Waals surface area contributed by atoms with Crippen LogP contribution in [0.2, 0.25) is 0 Å². The van der Waals surface area contributed by atoms with Crippen LogP contribution < -0.4 is 10.6 Å². The highest BCUT2D eigenvalue weighted by Gasteiger charge is 2.11. The van der Waals surface area contributed by atoms with E-state index < -0.39 is 0 Å². The quantitative estimate of drug-likeness (QED) is 0.578. The molecule has 0 saturated carbocycles. The maximum absolute atomic E-state index is 10.6. The molecule has 2 heterocycles. The second kappa shape index (κ2) is 6.31. The normalized spacial score (nSPS) is 13.1. The highest BCUT2D eigenvalue weighted by atomic mass is 16.5. The number of rotatable bonds is 5. The van der Waals surface area contributed by atoms with E-state index in [4.69, 9.17) is 10.1 Å². The van der Waals surface area contributed by atoms with Gasteiger partial charge in [-0.05, 0) is 29.7 Å². The van der Waals surface area contributed by atoms with E-state index in [2.05, 4.69) is 26.7 Å². The molecule has 1 aliphatic heterocycles. The van der Waals surface area contributed by atoms with Crippen molar-refractivity contribution in [3.8, 4) is 0 Å². The van der Waals surface area contributed by atoms with E-state index >= 15 is 0 Å². The number of anilines is 3. The lowest BCUT2D eigenvalue weighted by molar-refractivity contribution is -0.105. The summed E-state index contributed by atoms with van der Waals surface area (Å²) >= 11 is 0. The van der Waals surface area contributed by atoms with Gasteiger partial charge in [-0.15, -0.1) is 0 Å². The fourth-order valence-electron chi connectivity index (χ4n) is 2.30. The Hall–Kier alpha value is -2.80. The lowest BCUT2D eigenvalue weighted by atomic mass is 10.0. The second-order valence-corrected chi connectivity index (χ2v) is 4.82. The molecule has 0 radical (unpaired) electrons. The van der Waals surface area contributed by atoms with E-state index in [9.17, 15) is 4.79 Å². The number of hydrogen-bond acceptors (Lipinski definition) is 6. The van der Waals surface area contributed by atoms with Crippen molar-refractivity contribution in [1.82, 2.24) is 9.97 Å². The van der Waals surface area contributed by atoms with E-state index in [0.717, 1.165) is 24.9 Å². The smallest absolute Gasteiger partial charge is 0.229 e. The molecule has 3 N–H and O–H groups in total. The summed E-state index contributed by atoms with van der Waals surface area (Å²) in [5.74, 6) is 0.663. The summed E-state index contributed by atoms with van der Waals surface area (Å²) in [6.07, 6.45) is 3.99. The van der Waals surface area contributed by atoms with Crippen LogP contribution in [0.1, 0.15) is 16.7 Å². The number of ether oxygens (including phenoxy) is 1. The van der Waals surface area contributed by atoms with Gasteiger partial charge in [-0.2, -0.15) is 4.98 Å². The molecule has 112 valence electrons. The number of carbonyl (C=O) groups is 1. The Morgan fingerprint density at radius 1 is 1.32 bits per heavy atom. The summed E-state index contributed by atoms with van der Waals surface area (Å²) in [4.78, 5) is 18.9. The van der Waals surface area contributed by atoms with Crippen molar-refractivity contribution in [2.45, 2.75) is 13.0 Å². The molecule has 0 spiro atoms. The first kappa shape index (κ1) is 14.2. The molecule has 7 nitrogen and oxygen atoms in total. The molecule has 1 aromatic carbocycles. The Morgan fingerprint density at radius 3 is 3.05 bits per heavy atom. The Kier molecular flexibility index (Phi) is 4.06. The Balaban J connectivity index is 1.85. The molecule has 22 heavy (non-hydrogen) atoms. The monoisotopic (exact) mass is 297 g/mol. The van der Waals surface area contributed by atoms with Gasteiger partial charge < -0.3 is 20.8 Å². The number of nitrogens with one attached hydrogen (secondary N) is 3. The van der Waals surface area contributed by atoms with Crippen molar-refractivity contribution >= 4 is 30.1 Å². The summed E-state index contributed by atoms with van der Waals surface area (Å²) in [7, 11) is 0. The van der Waals surface area contributed by atoms with Crippen molar-refractivity contribution in [2.75, 3.05) is 17.2 Å². The van der Waals surface area contributed by atoms with Gasteiger partial charge >= 0.3 is 0 Å². The van der Waals surface area contributed by atoms with E-state index in [1.807, 2.05) is 12.1 Å². The number of aromatic nitrogens is 2. The lowest BCUT2D eigenvalue weighted by Crippen LogP contribution is -2.10. The van der Waals surface area contributed by atoms with Gasteiger partial charge in [-0.25, -0.2) is 4.98 Å². The average molecular weight is 297 g/mol. The molecular weight excluding hydrogens is 282 g/mol. The number of fused-ring (bicyclic) bond motifs is 1. The van der Waals surface area contributed by atoms with Crippen LogP contribution in [0.25, 0.3) is 0 Å². The minimum Gasteiger partial charge on any atom is -0.376 e. The zero-order valence-corrected chi connectivity index (χ0v) is 11.8. The van der Waals surface area contributed by atoms with E-state index in [-0.39, 0.29) is 0 Å². The van der Waals surface area contributed by atoms with Gasteiger partial charge in [-0.3, -0.25) is 4.79 Å². The molecule has 0 saturated heterocycles. The third kappa shape index (κ3) is 2.94. The minimum atomic E-state index is 0.300. The first-order chi connectivity index (χ1) is 10.8. The number of hydrogen-bond donors (Lipinski definition) is 3. The molecule has 0 unspecified atom stereocenters. The molecule has 0 fully saturated rings. The maximum atomic E-state index is 10.6. The highest BCUT2D eigenvalue weighted by Crippen LogP contribution is 2.23. The van der Waals surface area contributed by atoms with Crippen LogP contribution in [-0.2, 0) is 22.6 Å². The molecule has 0 aliphatic carbocycles. The van der Waals surface area contributed by atoms with E-state index in [0.29, 0.717) is 30.3 Å². The second-order valence-electron chi connectivity index (χ2n) is 4.82. The van der Waals surface area contributed by atoms with Crippen LogP contribution in [0.3, 0.4) is 0 Å². The van der Waals surface area contributed by atoms with Gasteiger partial charge in [0.15, 0.2) is 0 Å². The van der Waals surface area contributed by atoms with Crippen LogP contribution in [0, 0.1) is 5.41 Å². The fourth-order valence-corrected chi connectivity index (χ4v) is 2.30. The number of amides is 1. The molecule has 1 amide bonds. The standard InChI is InChI=1S/C15H15N5O2/c16-6-12-7-17-15(20-14(12)18-9-21)19-13-2-1-11-8-22-4-3-10(11)5-13/h1-2,5-7,9,16H,3-4,8H2,(H2,17,18,19,20,21). The molecule has 0 bridgehead atoms. The van der Waals surface area contributed by atoms with Crippen LogP contribution in [0.15, 0.2) is 24.4 Å². The topological polar surface area (TPSA) is 100.0 Å². The summed E-state index contributed by atoms with van der Waals surface area (Å²) in [5, 5.41) is 12.8. The predicted molar refractivity (Wildman–Crippen MR) is 82.7 cm³/mol. The van der Waals surface area contributed by atoms with Crippen molar-refractivity contribution < 1.29 is 9.53 Å². The Bertz CT molecular complexity index is 717. The first-order valence-electron chi connectivity index (χ1n) is 6.84. The first-order valence-corrected chi connectivity index (χ1v) is 6.84. The average Bonchev–Trinajstić information content (AvgIpc) is 2.55. The number of carbonyl (C=O) groups excluding carboxylic acids is 1. The molecule has 0 atom stereocenters. The number of nitrogens with zero attached hydrogens (tertiary/aromatic N) is 2. The third-order valence-electron chi connectivity index (χ3n) is 3.40. The van der Waals surface area contributed by atoms with Crippen LogP contribution in [0.4, 0.5) is 17.5 Å². The summed E-state index contributed by atoms with van der Waals surface area (Å²) in [5.41, 5.74) is 3.76. The van der Waals surface area contributed by atoms with Crippen molar-refractivity contribution in [3.63, 3.8) is 0 Å². The maximum Gasteiger partial charge on any atom is 0.229 e. The molecule has 3 rings (SSSR count). The highest BCUT2D eigenvalue weighted by molar-refractivity contribution is 5.87. The fraction of sp³-hybridized carbons (Fsp3) is 0.200. The van der Waals surface area contributed by atoms with Crippen molar-refractivity contribution in [3.05, 3.63) is 41.1 Å². The Labute approximate surface area is 127 Å². The summed E-state index contributed by atoms with van der Waals surface area (Å²) in [6, 6.07) is 6.01. The Morgan fingerprint density at radius 2 is 2.23 bits per heavy atom. The minimum absolute atomic E-state index is 0.300. The molecule has 1 aliphatic rings. The van der Waals surface area contributed by atoms with Crippen LogP contribution in [0.5, 0.6) is 0 Å². The van der Waals surface area contributed by atoms with Gasteiger partial charge in [0.05, 0.1) is 18.8 Å². The van der Waals surface area contributed by atoms with Crippen molar-refractivity contribution in [2.24, 2.45) is 0 Å². The van der Waals surface area contributed by atoms with Crippen LogP contribution >= 0.6 is 0 Å². The summed E-state index contributed by atoms with van der Waals surface area (Å²) in [6.45, 7) is 1.38. The van der Waals surface area contributed by atoms with Gasteiger partial charge in [0.25, 0.3) is 0 Å². The SMILES string of the molecule is N=Cc1cnc(Nc2ccc3c(c2)CCOC3)nc1NC=O. The van der Waals surface area contributed by atoms with E-state index in [1.54, 1.807) is 0 Å². The van der Waals surface area contributed by atoms with Gasteiger partial charge in [-0.1, -0.05) is 6.07 Å². The van der Waals surface area contributed by atoms with Gasteiger partial charge in [0.1, 0.15) is 5.82 Å². The largest absolute Gasteiger partial charge is 0.376 e. The molecule has 2 aromatic rings. The predicted octanol–water partition coefficient (Wildman–Crippen LogP) is 1.86. The van der Waals surface area contributed by atoms with Gasteiger partial charge in [0, 0.05) is 18.1 Å². The molecular formula is C15H15N5O2. The zero-order chi connectivity index (χ0) is 15.4. The lowest BCUT2D eigenvalue weighted by Gasteiger charge is -2.17. The zero-order valence-electron chi connectivity index (χ0n) is 11.8. The van der Waals surface area contributed by atoms with Crippen LogP contribution in [-0.4, -0.2) is 29.2 Å². The number of benzene rings is 1. The molecule has 1 aromatic heterocycles. The van der Waals surface area contributed by atoms with E-state index in [1.165, 1.54) is 17.3 Å². The van der Waals surface area contributed by atoms with Gasteiger partial charge in [0.2, 0.25) is 12.4 Å².